The van der Waals surface area contributed by atoms with Crippen molar-refractivity contribution >= 4 is 63.8 Å². The van der Waals surface area contributed by atoms with Gasteiger partial charge in [-0.15, -0.1) is 0 Å². The van der Waals surface area contributed by atoms with Gasteiger partial charge in [-0.25, -0.2) is 29.5 Å². The molecule has 1 fully saturated rings. The summed E-state index contributed by atoms with van der Waals surface area (Å²) in [4.78, 5) is 50.6. The fourth-order valence-corrected chi connectivity index (χ4v) is 9.32. The number of ether oxygens (including phenoxy) is 3. The lowest BCUT2D eigenvalue weighted by Crippen LogP contribution is -2.49. The minimum absolute atomic E-state index is 0.246. The van der Waals surface area contributed by atoms with E-state index in [-0.39, 0.29) is 12.2 Å². The predicted octanol–water partition coefficient (Wildman–Crippen LogP) is 9.64. The van der Waals surface area contributed by atoms with E-state index >= 15 is 0 Å². The van der Waals surface area contributed by atoms with Crippen molar-refractivity contribution in [2.24, 2.45) is 0 Å². The van der Waals surface area contributed by atoms with Gasteiger partial charge in [0.05, 0.1) is 24.5 Å². The first-order valence-electron chi connectivity index (χ1n) is 24.6. The summed E-state index contributed by atoms with van der Waals surface area (Å²) in [7, 11) is 0. The molecule has 0 atom stereocenters. The van der Waals surface area contributed by atoms with Crippen molar-refractivity contribution in [1.29, 1.82) is 0 Å². The first-order valence-corrected chi connectivity index (χ1v) is 27.1. The van der Waals surface area contributed by atoms with Gasteiger partial charge in [-0.1, -0.05) is 122 Å². The molecule has 2 amide bonds. The fraction of sp³-hybridized carbons (Fsp3) is 0.407. The highest BCUT2D eigenvalue weighted by Gasteiger charge is 2.28. The molecule has 0 aliphatic carbocycles. The van der Waals surface area contributed by atoms with Gasteiger partial charge in [-0.3, -0.25) is 0 Å². The van der Waals surface area contributed by atoms with Gasteiger partial charge in [0.15, 0.2) is 10.3 Å². The number of unbranched alkanes of at least 4 members (excludes halogenated alkanes) is 1. The van der Waals surface area contributed by atoms with Gasteiger partial charge < -0.3 is 44.9 Å². The van der Waals surface area contributed by atoms with Crippen molar-refractivity contribution in [2.75, 3.05) is 87.0 Å². The maximum atomic E-state index is 12.4. The quantitative estimate of drug-likeness (QED) is 0.0602. The van der Waals surface area contributed by atoms with Crippen LogP contribution in [0.25, 0.3) is 10.8 Å². The van der Waals surface area contributed by atoms with Gasteiger partial charge in [0.1, 0.15) is 30.6 Å². The Kier molecular flexibility index (Phi) is 19.8. The fourth-order valence-electron chi connectivity index (χ4n) is 8.55. The third kappa shape index (κ3) is 14.4. The Morgan fingerprint density at radius 3 is 2.04 bits per heavy atom. The highest BCUT2D eigenvalue weighted by atomic mass is 32.2. The van der Waals surface area contributed by atoms with Crippen molar-refractivity contribution in [2.45, 2.75) is 83.1 Å². The second-order valence-electron chi connectivity index (χ2n) is 17.2. The van der Waals surface area contributed by atoms with Gasteiger partial charge in [0, 0.05) is 80.6 Å². The van der Waals surface area contributed by atoms with E-state index in [0.717, 1.165) is 122 Å². The van der Waals surface area contributed by atoms with E-state index in [2.05, 4.69) is 68.4 Å². The van der Waals surface area contributed by atoms with Crippen LogP contribution in [-0.4, -0.2) is 113 Å². The Hall–Kier alpha value is -6.30. The van der Waals surface area contributed by atoms with E-state index in [1.54, 1.807) is 21.6 Å². The van der Waals surface area contributed by atoms with Crippen molar-refractivity contribution in [1.82, 2.24) is 35.1 Å². The molecular weight excluding hydrogens is 933 g/mol. The number of anilines is 3. The summed E-state index contributed by atoms with van der Waals surface area (Å²) in [6, 6.07) is 32.2. The number of carbonyl (C=O) groups excluding carboxylic acids is 2. The van der Waals surface area contributed by atoms with Crippen LogP contribution < -0.4 is 25.6 Å². The highest BCUT2D eigenvalue weighted by Crippen LogP contribution is 2.36. The maximum absolute atomic E-state index is 12.4. The topological polar surface area (TPSA) is 164 Å². The number of nitrogen functional groups attached to an aromatic ring is 1. The summed E-state index contributed by atoms with van der Waals surface area (Å²) in [5.74, 6) is 2.59. The number of rotatable bonds is 14. The number of benzene rings is 4. The van der Waals surface area contributed by atoms with Crippen LogP contribution in [0.5, 0.6) is 5.75 Å². The second kappa shape index (κ2) is 26.8. The van der Waals surface area contributed by atoms with E-state index in [4.69, 9.17) is 29.9 Å². The summed E-state index contributed by atoms with van der Waals surface area (Å²) in [5, 5.41) is 7.36. The molecule has 1 saturated heterocycles. The number of piperazine rings is 1. The molecule has 3 aliphatic heterocycles. The molecule has 6 aromatic rings. The molecular formula is C54H68N10O5S2. The number of aromatic nitrogens is 4. The zero-order chi connectivity index (χ0) is 50.0. The molecule has 4 aromatic carbocycles. The lowest BCUT2D eigenvalue weighted by Gasteiger charge is -2.36. The Morgan fingerprint density at radius 2 is 1.37 bits per heavy atom. The number of fused-ring (bicyclic) bond motifs is 3. The summed E-state index contributed by atoms with van der Waals surface area (Å²) in [6.07, 6.45) is 7.47. The van der Waals surface area contributed by atoms with Crippen LogP contribution in [0.3, 0.4) is 0 Å². The minimum atomic E-state index is -0.248. The molecule has 3 N–H and O–H groups in total. The molecule has 376 valence electrons. The standard InChI is InChI=1S/C22H26N4OS.C20H25N5O2S.C12H17NO2/c1-3-4-11-27-16-12-15-7-5-6-8-17(15)20(13-16)26-10-9-18-19(14-26)24-22(28-2)25-21(18)23;1-28-19-22-17-13-21-8-7-16(17)18(23-19)24-9-11-25(12-10-24)20(26)27-14-15-5-3-2-4-6-15;1-3-13(4-2)12(14)15-10-11-8-6-5-7-9-11/h5-8,12-13H,3-4,9-11,14H2,1-2H3,(H2,23,24,25);2-6,21H,7-14H2,1H3;5-9H,3-4,10H2,1-2H3. The zero-order valence-electron chi connectivity index (χ0n) is 41.8. The van der Waals surface area contributed by atoms with Gasteiger partial charge in [0.2, 0.25) is 0 Å². The number of hydrogen-bond acceptors (Lipinski definition) is 15. The average Bonchev–Trinajstić information content (AvgIpc) is 3.42. The number of amides is 2. The zero-order valence-corrected chi connectivity index (χ0v) is 43.4. The van der Waals surface area contributed by atoms with Crippen molar-refractivity contribution < 1.29 is 23.8 Å². The number of nitrogens with two attached hydrogens (primary N) is 1. The predicted molar refractivity (Wildman–Crippen MR) is 287 cm³/mol. The largest absolute Gasteiger partial charge is 0.493 e. The molecule has 0 unspecified atom stereocenters. The first kappa shape index (κ1) is 52.5. The van der Waals surface area contributed by atoms with E-state index in [0.29, 0.717) is 45.2 Å². The normalized spacial score (nSPS) is 14.0. The van der Waals surface area contributed by atoms with E-state index in [1.807, 2.05) is 87.0 Å². The Balaban J connectivity index is 0.000000165. The Morgan fingerprint density at radius 1 is 0.718 bits per heavy atom. The SMILES string of the molecule is CCCCOc1cc(N2CCc3c(N)nc(SC)nc3C2)c2ccccc2c1.CCN(CC)C(=O)OCc1ccccc1.CSc1nc2c(c(N3CCN(C(=O)OCc4ccccc4)CC3)n1)CCNC2. The van der Waals surface area contributed by atoms with Crippen molar-refractivity contribution in [3.63, 3.8) is 0 Å². The number of thioether (sulfide) groups is 2. The number of hydrogen-bond donors (Lipinski definition) is 2. The van der Waals surface area contributed by atoms with Crippen LogP contribution in [0, 0.1) is 0 Å². The number of nitrogens with zero attached hydrogens (tertiary/aromatic N) is 8. The van der Waals surface area contributed by atoms with Crippen LogP contribution in [0.4, 0.5) is 26.9 Å². The number of carbonyl (C=O) groups is 2. The van der Waals surface area contributed by atoms with Crippen LogP contribution in [-0.2, 0) is 48.6 Å². The van der Waals surface area contributed by atoms with E-state index in [9.17, 15) is 9.59 Å². The highest BCUT2D eigenvalue weighted by molar-refractivity contribution is 7.98. The molecule has 0 radical (unpaired) electrons. The second-order valence-corrected chi connectivity index (χ2v) is 18.7. The van der Waals surface area contributed by atoms with E-state index < -0.39 is 0 Å². The van der Waals surface area contributed by atoms with Crippen LogP contribution >= 0.6 is 23.5 Å². The van der Waals surface area contributed by atoms with Crippen molar-refractivity contribution in [3.05, 3.63) is 131 Å². The maximum Gasteiger partial charge on any atom is 0.410 e. The third-order valence-corrected chi connectivity index (χ3v) is 13.6. The first-order chi connectivity index (χ1) is 34.7. The average molecular weight is 1000 g/mol. The smallest absolute Gasteiger partial charge is 0.410 e. The molecule has 0 saturated carbocycles. The molecule has 2 aromatic heterocycles. The molecule has 71 heavy (non-hydrogen) atoms. The summed E-state index contributed by atoms with van der Waals surface area (Å²) >= 11 is 3.10. The van der Waals surface area contributed by atoms with Gasteiger partial charge >= 0.3 is 12.2 Å². The molecule has 9 rings (SSSR count). The molecule has 17 heteroatoms. The lowest BCUT2D eigenvalue weighted by molar-refractivity contribution is 0.0940. The summed E-state index contributed by atoms with van der Waals surface area (Å²) < 4.78 is 16.7. The van der Waals surface area contributed by atoms with Crippen LogP contribution in [0.2, 0.25) is 0 Å². The Labute approximate surface area is 427 Å². The lowest BCUT2D eigenvalue weighted by atomic mass is 10.0. The monoisotopic (exact) mass is 1000 g/mol. The van der Waals surface area contributed by atoms with Crippen molar-refractivity contribution in [3.8, 4) is 5.75 Å². The third-order valence-electron chi connectivity index (χ3n) is 12.5. The van der Waals surface area contributed by atoms with Crippen LogP contribution in [0.1, 0.15) is 67.3 Å². The Bertz CT molecular complexity index is 2650. The summed E-state index contributed by atoms with van der Waals surface area (Å²) in [6.45, 7) is 15.0. The molecule has 0 spiro atoms. The number of nitrogens with one attached hydrogen (secondary N) is 1. The van der Waals surface area contributed by atoms with Gasteiger partial charge in [-0.05, 0) is 74.7 Å². The van der Waals surface area contributed by atoms with Gasteiger partial charge in [0.25, 0.3) is 0 Å². The summed E-state index contributed by atoms with van der Waals surface area (Å²) in [5.41, 5.74) is 13.9. The molecule has 15 nitrogen and oxygen atoms in total. The minimum Gasteiger partial charge on any atom is -0.493 e. The molecule has 5 heterocycles. The van der Waals surface area contributed by atoms with E-state index in [1.165, 1.54) is 33.8 Å². The van der Waals surface area contributed by atoms with Gasteiger partial charge in [-0.2, -0.15) is 0 Å². The molecule has 3 aliphatic rings. The molecule has 0 bridgehead atoms. The van der Waals surface area contributed by atoms with Crippen LogP contribution in [0.15, 0.2) is 107 Å².